The second-order valence-electron chi connectivity index (χ2n) is 4.49. The van der Waals surface area contributed by atoms with E-state index in [0.717, 1.165) is 5.33 Å². The van der Waals surface area contributed by atoms with Crippen molar-refractivity contribution in [1.29, 1.82) is 0 Å². The average molecular weight is 298 g/mol. The molecule has 0 fully saturated rings. The molecule has 0 aliphatic heterocycles. The van der Waals surface area contributed by atoms with Crippen molar-refractivity contribution in [3.8, 4) is 0 Å². The van der Waals surface area contributed by atoms with Gasteiger partial charge >= 0.3 is 0 Å². The first-order valence-electron chi connectivity index (χ1n) is 6.71. The van der Waals surface area contributed by atoms with Gasteiger partial charge in [0.25, 0.3) is 0 Å². The van der Waals surface area contributed by atoms with Crippen LogP contribution in [0.25, 0.3) is 0 Å². The largest absolute Gasteiger partial charge is 0.372 e. The topological polar surface area (TPSA) is 3.24 Å². The summed E-state index contributed by atoms with van der Waals surface area (Å²) in [7, 11) is 0. The lowest BCUT2D eigenvalue weighted by Gasteiger charge is -2.24. The number of halogens is 1. The fourth-order valence-corrected chi connectivity index (χ4v) is 2.24. The van der Waals surface area contributed by atoms with Gasteiger partial charge in [-0.3, -0.25) is 0 Å². The van der Waals surface area contributed by atoms with Crippen molar-refractivity contribution < 1.29 is 0 Å². The molecule has 0 unspecified atom stereocenters. The van der Waals surface area contributed by atoms with Crippen LogP contribution < -0.4 is 4.90 Å². The predicted octanol–water partition coefficient (Wildman–Crippen LogP) is 4.99. The number of hydrogen-bond acceptors (Lipinski definition) is 1. The van der Waals surface area contributed by atoms with E-state index in [0.29, 0.717) is 0 Å². The Morgan fingerprint density at radius 3 is 1.88 bits per heavy atom. The summed E-state index contributed by atoms with van der Waals surface area (Å²) in [6.45, 7) is 6.88. The van der Waals surface area contributed by atoms with E-state index in [1.165, 1.54) is 50.0 Å². The molecule has 1 aromatic carbocycles. The van der Waals surface area contributed by atoms with Crippen LogP contribution in [0.3, 0.4) is 0 Å². The molecule has 0 N–H and O–H groups in total. The van der Waals surface area contributed by atoms with Crippen molar-refractivity contribution in [2.75, 3.05) is 18.0 Å². The lowest BCUT2D eigenvalue weighted by Crippen LogP contribution is -2.25. The Kier molecular flexibility index (Phi) is 7.34. The second-order valence-corrected chi connectivity index (χ2v) is 5.05. The van der Waals surface area contributed by atoms with E-state index in [1.807, 2.05) is 0 Å². The summed E-state index contributed by atoms with van der Waals surface area (Å²) in [6, 6.07) is 8.94. The maximum atomic E-state index is 3.49. The third-order valence-corrected chi connectivity index (χ3v) is 3.67. The molecule has 96 valence electrons. The lowest BCUT2D eigenvalue weighted by atomic mass is 10.2. The van der Waals surface area contributed by atoms with Crippen molar-refractivity contribution in [1.82, 2.24) is 0 Å². The van der Waals surface area contributed by atoms with E-state index in [1.54, 1.807) is 0 Å². The average Bonchev–Trinajstić information content (AvgIpc) is 2.39. The fourth-order valence-electron chi connectivity index (χ4n) is 1.86. The van der Waals surface area contributed by atoms with Crippen LogP contribution in [0.2, 0.25) is 0 Å². The van der Waals surface area contributed by atoms with Crippen LogP contribution in [-0.2, 0) is 5.33 Å². The zero-order valence-electron chi connectivity index (χ0n) is 11.1. The normalized spacial score (nSPS) is 10.5. The number of nitrogens with zero attached hydrogens (tertiary/aromatic N) is 1. The first kappa shape index (κ1) is 14.6. The summed E-state index contributed by atoms with van der Waals surface area (Å²) in [6.07, 6.45) is 5.10. The van der Waals surface area contributed by atoms with Crippen molar-refractivity contribution in [3.63, 3.8) is 0 Å². The van der Waals surface area contributed by atoms with Crippen molar-refractivity contribution in [2.45, 2.75) is 44.9 Å². The molecular weight excluding hydrogens is 274 g/mol. The highest BCUT2D eigenvalue weighted by Crippen LogP contribution is 2.18. The van der Waals surface area contributed by atoms with Crippen LogP contribution in [0.15, 0.2) is 24.3 Å². The van der Waals surface area contributed by atoms with E-state index in [4.69, 9.17) is 0 Å². The van der Waals surface area contributed by atoms with Gasteiger partial charge in [-0.25, -0.2) is 0 Å². The van der Waals surface area contributed by atoms with Crippen LogP contribution in [-0.4, -0.2) is 13.1 Å². The van der Waals surface area contributed by atoms with Crippen LogP contribution in [0.5, 0.6) is 0 Å². The summed E-state index contributed by atoms with van der Waals surface area (Å²) in [4.78, 5) is 2.52. The molecule has 0 radical (unpaired) electrons. The molecule has 0 aliphatic rings. The SMILES string of the molecule is CCCCN(CCCC)c1ccc(CBr)cc1. The quantitative estimate of drug-likeness (QED) is 0.611. The number of benzene rings is 1. The Balaban J connectivity index is 2.65. The van der Waals surface area contributed by atoms with Gasteiger partial charge in [0.05, 0.1) is 0 Å². The third kappa shape index (κ3) is 5.12. The van der Waals surface area contributed by atoms with Crippen molar-refractivity contribution in [2.24, 2.45) is 0 Å². The van der Waals surface area contributed by atoms with E-state index >= 15 is 0 Å². The van der Waals surface area contributed by atoms with Gasteiger partial charge in [-0.2, -0.15) is 0 Å². The number of hydrogen-bond donors (Lipinski definition) is 0. The van der Waals surface area contributed by atoms with E-state index < -0.39 is 0 Å². The van der Waals surface area contributed by atoms with E-state index in [9.17, 15) is 0 Å². The maximum Gasteiger partial charge on any atom is 0.0366 e. The smallest absolute Gasteiger partial charge is 0.0366 e. The summed E-state index contributed by atoms with van der Waals surface area (Å²) < 4.78 is 0. The molecule has 1 nitrogen and oxygen atoms in total. The lowest BCUT2D eigenvalue weighted by molar-refractivity contribution is 0.678. The first-order chi connectivity index (χ1) is 8.31. The molecule has 0 aliphatic carbocycles. The molecular formula is C15H24BrN. The third-order valence-electron chi connectivity index (χ3n) is 3.02. The molecule has 0 spiro atoms. The summed E-state index contributed by atoms with van der Waals surface area (Å²) >= 11 is 3.49. The van der Waals surface area contributed by atoms with Crippen molar-refractivity contribution >= 4 is 21.6 Å². The molecule has 0 saturated heterocycles. The van der Waals surface area contributed by atoms with Gasteiger partial charge in [0, 0.05) is 24.1 Å². The zero-order valence-corrected chi connectivity index (χ0v) is 12.7. The fraction of sp³-hybridized carbons (Fsp3) is 0.600. The minimum atomic E-state index is 0.942. The minimum absolute atomic E-state index is 0.942. The van der Waals surface area contributed by atoms with Gasteiger partial charge in [0.15, 0.2) is 0 Å². The molecule has 1 aromatic rings. The Labute approximate surface area is 114 Å². The zero-order chi connectivity index (χ0) is 12.5. The first-order valence-corrected chi connectivity index (χ1v) is 7.83. The van der Waals surface area contributed by atoms with Crippen LogP contribution in [0, 0.1) is 0 Å². The molecule has 0 heterocycles. The molecule has 0 saturated carbocycles. The second kappa shape index (κ2) is 8.57. The molecule has 0 amide bonds. The molecule has 1 rings (SSSR count). The number of unbranched alkanes of at least 4 members (excludes halogenated alkanes) is 2. The Bertz CT molecular complexity index is 286. The number of anilines is 1. The highest BCUT2D eigenvalue weighted by Gasteiger charge is 2.05. The minimum Gasteiger partial charge on any atom is -0.372 e. The highest BCUT2D eigenvalue weighted by molar-refractivity contribution is 9.08. The van der Waals surface area contributed by atoms with Gasteiger partial charge in [-0.15, -0.1) is 0 Å². The molecule has 2 heteroatoms. The summed E-state index contributed by atoms with van der Waals surface area (Å²) in [5.74, 6) is 0. The highest BCUT2D eigenvalue weighted by atomic mass is 79.9. The molecule has 17 heavy (non-hydrogen) atoms. The van der Waals surface area contributed by atoms with Crippen molar-refractivity contribution in [3.05, 3.63) is 29.8 Å². The molecule has 0 atom stereocenters. The van der Waals surface area contributed by atoms with Gasteiger partial charge in [0.1, 0.15) is 0 Å². The van der Waals surface area contributed by atoms with Gasteiger partial charge in [0.2, 0.25) is 0 Å². The predicted molar refractivity (Wildman–Crippen MR) is 81.1 cm³/mol. The van der Waals surface area contributed by atoms with Gasteiger partial charge < -0.3 is 4.90 Å². The number of alkyl halides is 1. The maximum absolute atomic E-state index is 3.49. The number of rotatable bonds is 8. The standard InChI is InChI=1S/C15H24BrN/c1-3-5-11-17(12-6-4-2)15-9-7-14(13-16)8-10-15/h7-10H,3-6,11-13H2,1-2H3. The van der Waals surface area contributed by atoms with Crippen LogP contribution >= 0.6 is 15.9 Å². The summed E-state index contributed by atoms with van der Waals surface area (Å²) in [5, 5.41) is 0.942. The summed E-state index contributed by atoms with van der Waals surface area (Å²) in [5.41, 5.74) is 2.72. The Hall–Kier alpha value is -0.500. The van der Waals surface area contributed by atoms with Gasteiger partial charge in [-0.05, 0) is 30.5 Å². The Morgan fingerprint density at radius 2 is 1.47 bits per heavy atom. The van der Waals surface area contributed by atoms with Crippen LogP contribution in [0.4, 0.5) is 5.69 Å². The van der Waals surface area contributed by atoms with Gasteiger partial charge in [-0.1, -0.05) is 54.8 Å². The monoisotopic (exact) mass is 297 g/mol. The molecule has 0 bridgehead atoms. The van der Waals surface area contributed by atoms with E-state index in [-0.39, 0.29) is 0 Å². The Morgan fingerprint density at radius 1 is 0.941 bits per heavy atom. The molecule has 0 aromatic heterocycles. The van der Waals surface area contributed by atoms with E-state index in [2.05, 4.69) is 58.9 Å². The van der Waals surface area contributed by atoms with Crippen LogP contribution in [0.1, 0.15) is 45.1 Å².